The van der Waals surface area contributed by atoms with E-state index in [4.69, 9.17) is 39.3 Å². The van der Waals surface area contributed by atoms with E-state index in [2.05, 4.69) is 40.4 Å². The van der Waals surface area contributed by atoms with E-state index in [0.29, 0.717) is 28.2 Å². The number of halogens is 3. The molecule has 1 fully saturated rings. The molecule has 0 radical (unpaired) electrons. The quantitative estimate of drug-likeness (QED) is 0.457. The van der Waals surface area contributed by atoms with E-state index in [1.807, 2.05) is 24.3 Å². The lowest BCUT2D eigenvalue weighted by Gasteiger charge is -2.24. The highest BCUT2D eigenvalue weighted by atomic mass is 35.5. The maximum atomic E-state index is 11.8. The Kier molecular flexibility index (Phi) is 6.96. The summed E-state index contributed by atoms with van der Waals surface area (Å²) in [5.74, 6) is 0.0638. The molecule has 6 nitrogen and oxygen atoms in total. The molecular weight excluding hydrogens is 471 g/mol. The third kappa shape index (κ3) is 4.89. The molecular formula is C23H23Cl3N4O2. The molecule has 1 atom stereocenters. The van der Waals surface area contributed by atoms with Crippen LogP contribution in [0.3, 0.4) is 0 Å². The van der Waals surface area contributed by atoms with Gasteiger partial charge in [0.05, 0.1) is 5.02 Å². The van der Waals surface area contributed by atoms with Crippen LogP contribution in [0.5, 0.6) is 0 Å². The number of carbonyl (C=O) groups is 1. The van der Waals surface area contributed by atoms with Gasteiger partial charge in [-0.15, -0.1) is 0 Å². The van der Waals surface area contributed by atoms with E-state index in [1.165, 1.54) is 0 Å². The normalized spacial score (nSPS) is 16.2. The van der Waals surface area contributed by atoms with Gasteiger partial charge in [0, 0.05) is 47.7 Å². The number of nitrogens with one attached hydrogen (secondary N) is 1. The molecule has 1 amide bonds. The molecule has 9 heteroatoms. The Morgan fingerprint density at radius 3 is 2.72 bits per heavy atom. The van der Waals surface area contributed by atoms with Crippen molar-refractivity contribution in [3.8, 4) is 22.6 Å². The van der Waals surface area contributed by atoms with Crippen LogP contribution in [0.2, 0.25) is 5.02 Å². The van der Waals surface area contributed by atoms with Crippen molar-refractivity contribution in [3.63, 3.8) is 0 Å². The third-order valence-corrected chi connectivity index (χ3v) is 6.32. The zero-order chi connectivity index (χ0) is 22.8. The molecule has 2 heterocycles. The number of rotatable bonds is 6. The minimum Gasteiger partial charge on any atom is -0.369 e. The fraction of sp³-hybridized carbons (Fsp3) is 0.304. The average molecular weight is 494 g/mol. The first kappa shape index (κ1) is 22.9. The number of amides is 1. The topological polar surface area (TPSA) is 61.6 Å². The Bertz CT molecular complexity index is 1120. The van der Waals surface area contributed by atoms with Crippen LogP contribution in [-0.4, -0.2) is 54.0 Å². The van der Waals surface area contributed by atoms with Gasteiger partial charge in [0.25, 0.3) is 5.91 Å². The van der Waals surface area contributed by atoms with Crippen molar-refractivity contribution in [1.82, 2.24) is 10.1 Å². The number of benzene rings is 2. The molecule has 3 aromatic rings. The van der Waals surface area contributed by atoms with Gasteiger partial charge in [-0.25, -0.2) is 0 Å². The Morgan fingerprint density at radius 1 is 1.22 bits per heavy atom. The van der Waals surface area contributed by atoms with Crippen LogP contribution in [-0.2, 0) is 4.79 Å². The lowest BCUT2D eigenvalue weighted by Crippen LogP contribution is -2.31. The first-order valence-electron chi connectivity index (χ1n) is 10.2. The number of hydrogen-bond donors (Lipinski definition) is 1. The second-order valence-electron chi connectivity index (χ2n) is 7.93. The van der Waals surface area contributed by atoms with Crippen molar-refractivity contribution in [2.45, 2.75) is 17.3 Å². The second kappa shape index (κ2) is 9.71. The number of likely N-dealkylation sites (N-methyl/N-ethyl adjacent to an activating group) is 1. The molecule has 0 bridgehead atoms. The summed E-state index contributed by atoms with van der Waals surface area (Å²) in [5, 5.41) is 7.58. The first-order chi connectivity index (χ1) is 15.3. The van der Waals surface area contributed by atoms with E-state index >= 15 is 0 Å². The van der Waals surface area contributed by atoms with E-state index in [9.17, 15) is 4.79 Å². The fourth-order valence-electron chi connectivity index (χ4n) is 3.89. The van der Waals surface area contributed by atoms with E-state index in [1.54, 1.807) is 18.2 Å². The smallest absolute Gasteiger partial charge is 0.257 e. The predicted octanol–water partition coefficient (Wildman–Crippen LogP) is 5.54. The lowest BCUT2D eigenvalue weighted by atomic mass is 10.1. The number of aromatic nitrogens is 1. The summed E-state index contributed by atoms with van der Waals surface area (Å²) in [6.07, 6.45) is 1.09. The summed E-state index contributed by atoms with van der Waals surface area (Å²) in [5.41, 5.74) is 3.86. The van der Waals surface area contributed by atoms with Crippen molar-refractivity contribution in [2.24, 2.45) is 0 Å². The third-order valence-electron chi connectivity index (χ3n) is 5.61. The standard InChI is InChI=1S/C23H23Cl3N4O2/c1-29(2)16-9-10-30(13-16)19-8-4-7-17(24)21(19)18-12-20(32-28-18)14-5-3-6-15(11-14)27-23(31)22(25)26/h3-8,11-12,16,22H,9-10,13H2,1-2H3,(H,27,31). The minimum atomic E-state index is -1.15. The van der Waals surface area contributed by atoms with Crippen LogP contribution in [0, 0.1) is 0 Å². The predicted molar refractivity (Wildman–Crippen MR) is 131 cm³/mol. The molecule has 1 N–H and O–H groups in total. The van der Waals surface area contributed by atoms with Gasteiger partial charge in [0.15, 0.2) is 10.6 Å². The molecule has 1 aliphatic rings. The monoisotopic (exact) mass is 492 g/mol. The average Bonchev–Trinajstić information content (AvgIpc) is 3.44. The highest BCUT2D eigenvalue weighted by Crippen LogP contribution is 2.39. The lowest BCUT2D eigenvalue weighted by molar-refractivity contribution is -0.114. The van der Waals surface area contributed by atoms with Gasteiger partial charge in [-0.2, -0.15) is 0 Å². The van der Waals surface area contributed by atoms with Crippen molar-refractivity contribution in [1.29, 1.82) is 0 Å². The number of alkyl halides is 2. The maximum absolute atomic E-state index is 11.8. The summed E-state index contributed by atoms with van der Waals surface area (Å²) in [4.78, 5) is 15.2. The van der Waals surface area contributed by atoms with Crippen molar-refractivity contribution < 1.29 is 9.32 Å². The minimum absolute atomic E-state index is 0.494. The molecule has 32 heavy (non-hydrogen) atoms. The molecule has 1 saturated heterocycles. The van der Waals surface area contributed by atoms with Crippen LogP contribution in [0.15, 0.2) is 53.1 Å². The number of hydrogen-bond acceptors (Lipinski definition) is 5. The van der Waals surface area contributed by atoms with Crippen molar-refractivity contribution in [3.05, 3.63) is 53.6 Å². The zero-order valence-electron chi connectivity index (χ0n) is 17.7. The number of anilines is 2. The van der Waals surface area contributed by atoms with Crippen LogP contribution < -0.4 is 10.2 Å². The summed E-state index contributed by atoms with van der Waals surface area (Å²) in [6, 6.07) is 15.4. The van der Waals surface area contributed by atoms with Crippen molar-refractivity contribution >= 4 is 52.1 Å². The van der Waals surface area contributed by atoms with Gasteiger partial charge in [-0.1, -0.05) is 58.2 Å². The second-order valence-corrected chi connectivity index (χ2v) is 9.44. The Morgan fingerprint density at radius 2 is 2.00 bits per heavy atom. The number of carbonyl (C=O) groups excluding carboxylic acids is 1. The molecule has 1 aromatic heterocycles. The Labute approximate surface area is 202 Å². The number of nitrogens with zero attached hydrogens (tertiary/aromatic N) is 3. The molecule has 0 spiro atoms. The summed E-state index contributed by atoms with van der Waals surface area (Å²) in [7, 11) is 4.21. The SMILES string of the molecule is CN(C)C1CCN(c2cccc(Cl)c2-c2cc(-c3cccc(NC(=O)C(Cl)Cl)c3)on2)C1. The van der Waals surface area contributed by atoms with E-state index in [-0.39, 0.29) is 0 Å². The maximum Gasteiger partial charge on any atom is 0.257 e. The first-order valence-corrected chi connectivity index (χ1v) is 11.4. The summed E-state index contributed by atoms with van der Waals surface area (Å²) >= 11 is 17.9. The van der Waals surface area contributed by atoms with Gasteiger partial charge >= 0.3 is 0 Å². The molecule has 4 rings (SSSR count). The highest BCUT2D eigenvalue weighted by molar-refractivity contribution is 6.54. The van der Waals surface area contributed by atoms with Gasteiger partial charge < -0.3 is 19.6 Å². The molecule has 168 valence electrons. The molecule has 1 unspecified atom stereocenters. The summed E-state index contributed by atoms with van der Waals surface area (Å²) < 4.78 is 5.64. The van der Waals surface area contributed by atoms with Gasteiger partial charge in [-0.3, -0.25) is 4.79 Å². The van der Waals surface area contributed by atoms with Crippen LogP contribution in [0.1, 0.15) is 6.42 Å². The van der Waals surface area contributed by atoms with Gasteiger partial charge in [0.2, 0.25) is 0 Å². The largest absolute Gasteiger partial charge is 0.369 e. The van der Waals surface area contributed by atoms with E-state index in [0.717, 1.165) is 36.3 Å². The van der Waals surface area contributed by atoms with Crippen LogP contribution in [0.4, 0.5) is 11.4 Å². The van der Waals surface area contributed by atoms with Crippen molar-refractivity contribution in [2.75, 3.05) is 37.4 Å². The Hall–Kier alpha value is -2.25. The summed E-state index contributed by atoms with van der Waals surface area (Å²) in [6.45, 7) is 1.87. The highest BCUT2D eigenvalue weighted by Gasteiger charge is 2.27. The van der Waals surface area contributed by atoms with Gasteiger partial charge in [0.1, 0.15) is 5.69 Å². The molecule has 1 aliphatic heterocycles. The van der Waals surface area contributed by atoms with Gasteiger partial charge in [-0.05, 0) is 44.8 Å². The zero-order valence-corrected chi connectivity index (χ0v) is 20.0. The molecule has 0 saturated carbocycles. The Balaban J connectivity index is 1.63. The van der Waals surface area contributed by atoms with Crippen LogP contribution in [0.25, 0.3) is 22.6 Å². The van der Waals surface area contributed by atoms with E-state index < -0.39 is 10.7 Å². The fourth-order valence-corrected chi connectivity index (χ4v) is 4.26. The molecule has 0 aliphatic carbocycles. The molecule has 2 aromatic carbocycles. The van der Waals surface area contributed by atoms with Crippen LogP contribution >= 0.6 is 34.8 Å².